The van der Waals surface area contributed by atoms with Gasteiger partial charge in [0.25, 0.3) is 0 Å². The quantitative estimate of drug-likeness (QED) is 0.843. The van der Waals surface area contributed by atoms with Crippen LogP contribution in [0.2, 0.25) is 0 Å². The van der Waals surface area contributed by atoms with Crippen molar-refractivity contribution in [3.05, 3.63) is 18.0 Å². The molecule has 0 aromatic carbocycles. The van der Waals surface area contributed by atoms with Crippen LogP contribution in [0.25, 0.3) is 0 Å². The molecule has 2 unspecified atom stereocenters. The summed E-state index contributed by atoms with van der Waals surface area (Å²) in [6.07, 6.45) is 10.3. The molecule has 1 fully saturated rings. The van der Waals surface area contributed by atoms with Crippen LogP contribution < -0.4 is 5.32 Å². The summed E-state index contributed by atoms with van der Waals surface area (Å²) in [6.45, 7) is 7.66. The molecule has 1 saturated carbocycles. The third-order valence-corrected chi connectivity index (χ3v) is 4.67. The summed E-state index contributed by atoms with van der Waals surface area (Å²) in [5, 5.41) is 8.32. The van der Waals surface area contributed by atoms with Gasteiger partial charge < -0.3 is 5.32 Å². The van der Waals surface area contributed by atoms with Crippen molar-refractivity contribution in [2.75, 3.05) is 0 Å². The van der Waals surface area contributed by atoms with Gasteiger partial charge in [-0.2, -0.15) is 5.10 Å². The summed E-state index contributed by atoms with van der Waals surface area (Å²) in [4.78, 5) is 0. The molecule has 1 aliphatic rings. The Labute approximate surface area is 117 Å². The van der Waals surface area contributed by atoms with E-state index in [0.29, 0.717) is 12.1 Å². The molecule has 1 aromatic heterocycles. The Kier molecular flexibility index (Phi) is 5.44. The molecule has 1 aromatic rings. The lowest BCUT2D eigenvalue weighted by Gasteiger charge is -2.28. The second-order valence-corrected chi connectivity index (χ2v) is 6.11. The highest BCUT2D eigenvalue weighted by Gasteiger charge is 2.19. The van der Waals surface area contributed by atoms with Crippen LogP contribution in [-0.2, 0) is 6.54 Å². The van der Waals surface area contributed by atoms with Crippen LogP contribution in [0.3, 0.4) is 0 Å². The van der Waals surface area contributed by atoms with E-state index in [0.717, 1.165) is 18.9 Å². The summed E-state index contributed by atoms with van der Waals surface area (Å²) >= 11 is 0. The van der Waals surface area contributed by atoms with Crippen LogP contribution in [0.5, 0.6) is 0 Å². The normalized spacial score (nSPS) is 20.4. The number of nitrogens with zero attached hydrogens (tertiary/aromatic N) is 2. The van der Waals surface area contributed by atoms with Crippen molar-refractivity contribution in [2.45, 2.75) is 77.9 Å². The molecule has 2 rings (SSSR count). The zero-order valence-corrected chi connectivity index (χ0v) is 12.7. The molecule has 0 aliphatic heterocycles. The maximum Gasteiger partial charge on any atom is 0.0762 e. The molecule has 0 spiro atoms. The first-order valence-corrected chi connectivity index (χ1v) is 7.98. The van der Waals surface area contributed by atoms with Gasteiger partial charge in [0.2, 0.25) is 0 Å². The average molecular weight is 263 g/mol. The molecule has 0 saturated heterocycles. The summed E-state index contributed by atoms with van der Waals surface area (Å²) in [5.74, 6) is 0.866. The summed E-state index contributed by atoms with van der Waals surface area (Å²) in [7, 11) is 0. The Morgan fingerprint density at radius 1 is 1.32 bits per heavy atom. The minimum absolute atomic E-state index is 0.504. The molecular weight excluding hydrogens is 234 g/mol. The highest BCUT2D eigenvalue weighted by atomic mass is 15.3. The zero-order valence-electron chi connectivity index (χ0n) is 12.7. The minimum atomic E-state index is 0.504. The standard InChI is InChI=1S/C16H29N3/c1-4-13(2)19-11-10-16(18-19)12-17-14(3)15-8-6-5-7-9-15/h10-11,13-15,17H,4-9,12H2,1-3H3. The Balaban J connectivity index is 1.79. The van der Waals surface area contributed by atoms with Crippen LogP contribution in [0, 0.1) is 5.92 Å². The van der Waals surface area contributed by atoms with Gasteiger partial charge in [-0.1, -0.05) is 26.2 Å². The first-order valence-electron chi connectivity index (χ1n) is 7.98. The molecule has 0 amide bonds. The van der Waals surface area contributed by atoms with Crippen molar-refractivity contribution < 1.29 is 0 Å². The van der Waals surface area contributed by atoms with E-state index in [-0.39, 0.29) is 0 Å². The molecule has 1 aliphatic carbocycles. The van der Waals surface area contributed by atoms with E-state index in [1.54, 1.807) is 0 Å². The van der Waals surface area contributed by atoms with Crippen molar-refractivity contribution in [3.63, 3.8) is 0 Å². The first-order chi connectivity index (χ1) is 9.20. The molecular formula is C16H29N3. The Hall–Kier alpha value is -0.830. The van der Waals surface area contributed by atoms with Gasteiger partial charge in [-0.15, -0.1) is 0 Å². The number of hydrogen-bond acceptors (Lipinski definition) is 2. The van der Waals surface area contributed by atoms with E-state index in [4.69, 9.17) is 0 Å². The molecule has 1 heterocycles. The Morgan fingerprint density at radius 3 is 2.74 bits per heavy atom. The molecule has 3 nitrogen and oxygen atoms in total. The van der Waals surface area contributed by atoms with E-state index in [1.165, 1.54) is 37.8 Å². The number of hydrogen-bond donors (Lipinski definition) is 1. The SMILES string of the molecule is CCC(C)n1ccc(CNC(C)C2CCCCC2)n1. The first kappa shape index (κ1) is 14.6. The highest BCUT2D eigenvalue weighted by Crippen LogP contribution is 2.26. The van der Waals surface area contributed by atoms with Gasteiger partial charge >= 0.3 is 0 Å². The number of nitrogens with one attached hydrogen (secondary N) is 1. The molecule has 0 bridgehead atoms. The van der Waals surface area contributed by atoms with Crippen molar-refractivity contribution >= 4 is 0 Å². The predicted octanol–water partition coefficient (Wildman–Crippen LogP) is 3.91. The third kappa shape index (κ3) is 4.07. The van der Waals surface area contributed by atoms with Crippen molar-refractivity contribution in [1.82, 2.24) is 15.1 Å². The lowest BCUT2D eigenvalue weighted by molar-refractivity contribution is 0.279. The summed E-state index contributed by atoms with van der Waals surface area (Å²) in [6, 6.07) is 3.27. The van der Waals surface area contributed by atoms with Crippen LogP contribution in [0.15, 0.2) is 12.3 Å². The molecule has 108 valence electrons. The molecule has 0 radical (unpaired) electrons. The third-order valence-electron chi connectivity index (χ3n) is 4.67. The summed E-state index contributed by atoms with van der Waals surface area (Å²) in [5.41, 5.74) is 1.17. The highest BCUT2D eigenvalue weighted by molar-refractivity contribution is 4.99. The maximum absolute atomic E-state index is 4.65. The fourth-order valence-corrected chi connectivity index (χ4v) is 2.97. The minimum Gasteiger partial charge on any atom is -0.308 e. The van der Waals surface area contributed by atoms with Crippen molar-refractivity contribution in [1.29, 1.82) is 0 Å². The lowest BCUT2D eigenvalue weighted by Crippen LogP contribution is -2.34. The molecule has 3 heteroatoms. The topological polar surface area (TPSA) is 29.9 Å². The Morgan fingerprint density at radius 2 is 2.05 bits per heavy atom. The van der Waals surface area contributed by atoms with Gasteiger partial charge in [0.05, 0.1) is 5.69 Å². The van der Waals surface area contributed by atoms with E-state index in [2.05, 4.69) is 48.1 Å². The van der Waals surface area contributed by atoms with Crippen LogP contribution in [0.1, 0.15) is 71.0 Å². The van der Waals surface area contributed by atoms with Gasteiger partial charge in [-0.3, -0.25) is 4.68 Å². The van der Waals surface area contributed by atoms with Gasteiger partial charge in [0.15, 0.2) is 0 Å². The smallest absolute Gasteiger partial charge is 0.0762 e. The monoisotopic (exact) mass is 263 g/mol. The van der Waals surface area contributed by atoms with Gasteiger partial charge in [-0.05, 0) is 45.1 Å². The fraction of sp³-hybridized carbons (Fsp3) is 0.812. The van der Waals surface area contributed by atoms with Crippen molar-refractivity contribution in [2.24, 2.45) is 5.92 Å². The summed E-state index contributed by atoms with van der Waals surface area (Å²) < 4.78 is 2.09. The molecule has 2 atom stereocenters. The lowest BCUT2D eigenvalue weighted by atomic mass is 9.84. The van der Waals surface area contributed by atoms with E-state index in [9.17, 15) is 0 Å². The van der Waals surface area contributed by atoms with Gasteiger partial charge in [-0.25, -0.2) is 0 Å². The predicted molar refractivity (Wildman–Crippen MR) is 80.1 cm³/mol. The van der Waals surface area contributed by atoms with E-state index in [1.807, 2.05) is 0 Å². The second kappa shape index (κ2) is 7.09. The van der Waals surface area contributed by atoms with Crippen LogP contribution in [-0.4, -0.2) is 15.8 Å². The second-order valence-electron chi connectivity index (χ2n) is 6.11. The molecule has 19 heavy (non-hydrogen) atoms. The van der Waals surface area contributed by atoms with E-state index >= 15 is 0 Å². The van der Waals surface area contributed by atoms with Crippen LogP contribution >= 0.6 is 0 Å². The zero-order chi connectivity index (χ0) is 13.7. The average Bonchev–Trinajstić information content (AvgIpc) is 2.93. The number of aromatic nitrogens is 2. The Bertz CT molecular complexity index is 366. The van der Waals surface area contributed by atoms with Gasteiger partial charge in [0.1, 0.15) is 0 Å². The maximum atomic E-state index is 4.65. The largest absolute Gasteiger partial charge is 0.308 e. The number of rotatable bonds is 6. The van der Waals surface area contributed by atoms with Crippen molar-refractivity contribution in [3.8, 4) is 0 Å². The van der Waals surface area contributed by atoms with E-state index < -0.39 is 0 Å². The van der Waals surface area contributed by atoms with Crippen LogP contribution in [0.4, 0.5) is 0 Å². The van der Waals surface area contributed by atoms with Gasteiger partial charge in [0, 0.05) is 24.8 Å². The molecule has 1 N–H and O–H groups in total. The fourth-order valence-electron chi connectivity index (χ4n) is 2.97.